The first-order valence-electron chi connectivity index (χ1n) is 6.19. The van der Waals surface area contributed by atoms with Crippen LogP contribution in [0.25, 0.3) is 0 Å². The minimum Gasteiger partial charge on any atom is -0.482 e. The Bertz CT molecular complexity index is 362. The van der Waals surface area contributed by atoms with Crippen molar-refractivity contribution in [1.82, 2.24) is 0 Å². The van der Waals surface area contributed by atoms with Crippen LogP contribution >= 0.6 is 0 Å². The molecule has 0 aromatic heterocycles. The van der Waals surface area contributed by atoms with E-state index in [1.807, 2.05) is 24.3 Å². The lowest BCUT2D eigenvalue weighted by Gasteiger charge is -2.12. The van der Waals surface area contributed by atoms with Gasteiger partial charge in [-0.25, -0.2) is 4.79 Å². The van der Waals surface area contributed by atoms with E-state index >= 15 is 0 Å². The van der Waals surface area contributed by atoms with E-state index in [1.165, 1.54) is 7.11 Å². The second-order valence-corrected chi connectivity index (χ2v) is 4.28. The van der Waals surface area contributed by atoms with Crippen LogP contribution in [-0.2, 0) is 9.53 Å². The predicted molar refractivity (Wildman–Crippen MR) is 71.9 cm³/mol. The lowest BCUT2D eigenvalue weighted by molar-refractivity contribution is -0.142. The van der Waals surface area contributed by atoms with E-state index in [0.29, 0.717) is 11.7 Å². The highest BCUT2D eigenvalue weighted by Gasteiger charge is 2.02. The molecule has 0 heterocycles. The third-order valence-corrected chi connectivity index (χ3v) is 2.79. The first-order valence-corrected chi connectivity index (χ1v) is 6.19. The zero-order valence-corrected chi connectivity index (χ0v) is 11.2. The van der Waals surface area contributed by atoms with Gasteiger partial charge < -0.3 is 14.8 Å². The molecule has 0 spiro atoms. The molecule has 1 unspecified atom stereocenters. The number of esters is 1. The fourth-order valence-corrected chi connectivity index (χ4v) is 1.31. The summed E-state index contributed by atoms with van der Waals surface area (Å²) in [7, 11) is 1.34. The van der Waals surface area contributed by atoms with Crippen LogP contribution in [0.4, 0.5) is 5.69 Å². The molecule has 4 nitrogen and oxygen atoms in total. The third kappa shape index (κ3) is 5.08. The van der Waals surface area contributed by atoms with Gasteiger partial charge >= 0.3 is 5.97 Å². The predicted octanol–water partition coefficient (Wildman–Crippen LogP) is 2.70. The maximum atomic E-state index is 10.9. The van der Waals surface area contributed by atoms with Crippen LogP contribution in [0.1, 0.15) is 20.3 Å². The Morgan fingerprint density at radius 2 is 2.00 bits per heavy atom. The fourth-order valence-electron chi connectivity index (χ4n) is 1.31. The van der Waals surface area contributed by atoms with Crippen molar-refractivity contribution in [3.8, 4) is 5.75 Å². The zero-order valence-electron chi connectivity index (χ0n) is 11.2. The highest BCUT2D eigenvalue weighted by molar-refractivity contribution is 5.70. The summed E-state index contributed by atoms with van der Waals surface area (Å²) in [4.78, 5) is 10.9. The average Bonchev–Trinajstić information content (AvgIpc) is 2.43. The molecular formula is C14H21NO3. The highest BCUT2D eigenvalue weighted by Crippen LogP contribution is 2.16. The monoisotopic (exact) mass is 251 g/mol. The van der Waals surface area contributed by atoms with Gasteiger partial charge in [0.2, 0.25) is 0 Å². The summed E-state index contributed by atoms with van der Waals surface area (Å²) in [6.07, 6.45) is 1.16. The van der Waals surface area contributed by atoms with E-state index in [4.69, 9.17) is 4.74 Å². The van der Waals surface area contributed by atoms with E-state index in [0.717, 1.165) is 18.7 Å². The van der Waals surface area contributed by atoms with Crippen molar-refractivity contribution >= 4 is 11.7 Å². The molecule has 0 aliphatic carbocycles. The molecule has 0 aliphatic heterocycles. The Balaban J connectivity index is 2.40. The van der Waals surface area contributed by atoms with Crippen molar-refractivity contribution in [1.29, 1.82) is 0 Å². The van der Waals surface area contributed by atoms with Gasteiger partial charge in [0.15, 0.2) is 6.61 Å². The SMILES string of the molecule is CCC(C)CNc1ccc(OCC(=O)OC)cc1. The molecule has 100 valence electrons. The lowest BCUT2D eigenvalue weighted by atomic mass is 10.1. The fraction of sp³-hybridized carbons (Fsp3) is 0.500. The summed E-state index contributed by atoms with van der Waals surface area (Å²) >= 11 is 0. The number of rotatable bonds is 7. The normalized spacial score (nSPS) is 11.7. The molecule has 1 N–H and O–H groups in total. The van der Waals surface area contributed by atoms with Crippen LogP contribution in [-0.4, -0.2) is 26.2 Å². The summed E-state index contributed by atoms with van der Waals surface area (Å²) in [5.74, 6) is 0.934. The second kappa shape index (κ2) is 7.58. The van der Waals surface area contributed by atoms with Gasteiger partial charge in [-0.15, -0.1) is 0 Å². The van der Waals surface area contributed by atoms with Gasteiger partial charge in [0.05, 0.1) is 7.11 Å². The quantitative estimate of drug-likeness (QED) is 0.757. The maximum absolute atomic E-state index is 10.9. The molecule has 0 amide bonds. The topological polar surface area (TPSA) is 47.6 Å². The minimum absolute atomic E-state index is 0.0594. The third-order valence-electron chi connectivity index (χ3n) is 2.79. The van der Waals surface area contributed by atoms with Crippen molar-refractivity contribution in [2.75, 3.05) is 25.6 Å². The van der Waals surface area contributed by atoms with Crippen LogP contribution in [0.5, 0.6) is 5.75 Å². The van der Waals surface area contributed by atoms with Crippen molar-refractivity contribution in [3.63, 3.8) is 0 Å². The number of nitrogens with one attached hydrogen (secondary N) is 1. The Morgan fingerprint density at radius 3 is 2.56 bits per heavy atom. The molecule has 0 radical (unpaired) electrons. The number of hydrogen-bond donors (Lipinski definition) is 1. The minimum atomic E-state index is -0.381. The molecule has 1 aromatic carbocycles. The van der Waals surface area contributed by atoms with Crippen LogP contribution < -0.4 is 10.1 Å². The van der Waals surface area contributed by atoms with Crippen LogP contribution in [0.2, 0.25) is 0 Å². The number of anilines is 1. The first-order chi connectivity index (χ1) is 8.65. The van der Waals surface area contributed by atoms with Crippen LogP contribution in [0.15, 0.2) is 24.3 Å². The Morgan fingerprint density at radius 1 is 1.33 bits per heavy atom. The summed E-state index contributed by atoms with van der Waals surface area (Å²) in [6.45, 7) is 5.28. The lowest BCUT2D eigenvalue weighted by Crippen LogP contribution is -2.12. The zero-order chi connectivity index (χ0) is 13.4. The van der Waals surface area contributed by atoms with Crippen LogP contribution in [0.3, 0.4) is 0 Å². The smallest absolute Gasteiger partial charge is 0.343 e. The largest absolute Gasteiger partial charge is 0.482 e. The van der Waals surface area contributed by atoms with Crippen LogP contribution in [0, 0.1) is 5.92 Å². The Kier molecular flexibility index (Phi) is 6.05. The molecule has 0 saturated carbocycles. The highest BCUT2D eigenvalue weighted by atomic mass is 16.6. The Labute approximate surface area is 108 Å². The number of ether oxygens (including phenoxy) is 2. The van der Waals surface area contributed by atoms with Gasteiger partial charge in [0, 0.05) is 12.2 Å². The van der Waals surface area contributed by atoms with E-state index < -0.39 is 0 Å². The molecule has 4 heteroatoms. The summed E-state index contributed by atoms with van der Waals surface area (Å²) in [5, 5.41) is 3.35. The number of benzene rings is 1. The summed E-state index contributed by atoms with van der Waals surface area (Å²) in [5.41, 5.74) is 1.06. The first kappa shape index (κ1) is 14.4. The van der Waals surface area contributed by atoms with Gasteiger partial charge in [-0.1, -0.05) is 20.3 Å². The number of carbonyl (C=O) groups is 1. The summed E-state index contributed by atoms with van der Waals surface area (Å²) in [6, 6.07) is 7.55. The van der Waals surface area contributed by atoms with Crippen molar-refractivity contribution in [2.24, 2.45) is 5.92 Å². The summed E-state index contributed by atoms with van der Waals surface area (Å²) < 4.78 is 9.75. The molecule has 0 fully saturated rings. The molecular weight excluding hydrogens is 230 g/mol. The molecule has 1 atom stereocenters. The molecule has 0 saturated heterocycles. The van der Waals surface area contributed by atoms with E-state index in [9.17, 15) is 4.79 Å². The van der Waals surface area contributed by atoms with Gasteiger partial charge in [-0.05, 0) is 30.2 Å². The number of hydrogen-bond acceptors (Lipinski definition) is 4. The van der Waals surface area contributed by atoms with E-state index in [2.05, 4.69) is 23.9 Å². The molecule has 1 rings (SSSR count). The van der Waals surface area contributed by atoms with Crippen molar-refractivity contribution in [3.05, 3.63) is 24.3 Å². The van der Waals surface area contributed by atoms with E-state index in [-0.39, 0.29) is 12.6 Å². The van der Waals surface area contributed by atoms with Gasteiger partial charge in [0.1, 0.15) is 5.75 Å². The average molecular weight is 251 g/mol. The molecule has 1 aromatic rings. The van der Waals surface area contributed by atoms with Crippen molar-refractivity contribution in [2.45, 2.75) is 20.3 Å². The number of carbonyl (C=O) groups excluding carboxylic acids is 1. The number of methoxy groups -OCH3 is 1. The Hall–Kier alpha value is -1.71. The van der Waals surface area contributed by atoms with E-state index in [1.54, 1.807) is 0 Å². The molecule has 0 aliphatic rings. The van der Waals surface area contributed by atoms with Gasteiger partial charge in [-0.2, -0.15) is 0 Å². The second-order valence-electron chi connectivity index (χ2n) is 4.28. The van der Waals surface area contributed by atoms with Gasteiger partial charge in [0.25, 0.3) is 0 Å². The molecule has 18 heavy (non-hydrogen) atoms. The molecule has 0 bridgehead atoms. The van der Waals surface area contributed by atoms with Crippen molar-refractivity contribution < 1.29 is 14.3 Å². The standard InChI is InChI=1S/C14H21NO3/c1-4-11(2)9-15-12-5-7-13(8-6-12)18-10-14(16)17-3/h5-8,11,15H,4,9-10H2,1-3H3. The maximum Gasteiger partial charge on any atom is 0.343 e. The van der Waals surface area contributed by atoms with Gasteiger partial charge in [-0.3, -0.25) is 0 Å².